The van der Waals surface area contributed by atoms with Crippen molar-refractivity contribution in [3.63, 3.8) is 0 Å². The maximum atomic E-state index is 12.3. The molecule has 2 N–H and O–H groups in total. The van der Waals surface area contributed by atoms with Gasteiger partial charge >= 0.3 is 0 Å². The monoisotopic (exact) mass is 361 g/mol. The van der Waals surface area contributed by atoms with E-state index in [0.717, 1.165) is 23.9 Å². The summed E-state index contributed by atoms with van der Waals surface area (Å²) in [5.74, 6) is -0.230. The summed E-state index contributed by atoms with van der Waals surface area (Å²) in [5.41, 5.74) is 4.47. The Kier molecular flexibility index (Phi) is 4.24. The van der Waals surface area contributed by atoms with E-state index in [9.17, 15) is 4.79 Å². The van der Waals surface area contributed by atoms with Crippen molar-refractivity contribution >= 4 is 39.7 Å². The summed E-state index contributed by atoms with van der Waals surface area (Å²) in [6.07, 6.45) is 2.14. The molecule has 0 aromatic heterocycles. The Morgan fingerprint density at radius 2 is 1.88 bits per heavy atom. The molecule has 26 heavy (non-hydrogen) atoms. The molecule has 0 unspecified atom stereocenters. The molecule has 0 bridgehead atoms. The van der Waals surface area contributed by atoms with E-state index < -0.39 is 0 Å². The van der Waals surface area contributed by atoms with Gasteiger partial charge < -0.3 is 10.6 Å². The molecule has 4 rings (SSSR count). The van der Waals surface area contributed by atoms with Gasteiger partial charge in [-0.05, 0) is 53.6 Å². The van der Waals surface area contributed by atoms with Crippen molar-refractivity contribution in [3.8, 4) is 6.07 Å². The zero-order valence-electron chi connectivity index (χ0n) is 14.0. The minimum Gasteiger partial charge on any atom is -0.376 e. The number of benzene rings is 3. The lowest BCUT2D eigenvalue weighted by Gasteiger charge is -2.12. The predicted octanol–water partition coefficient (Wildman–Crippen LogP) is 4.51. The highest BCUT2D eigenvalue weighted by Gasteiger charge is 2.16. The zero-order chi connectivity index (χ0) is 18.1. The Labute approximate surface area is 156 Å². The SMILES string of the molecule is N#Cc1ccc(Cl)cc1NC(=O)CNc1ccc2c3c(cccc13)CC2. The molecule has 0 aliphatic heterocycles. The van der Waals surface area contributed by atoms with Gasteiger partial charge in [0.25, 0.3) is 0 Å². The van der Waals surface area contributed by atoms with E-state index in [4.69, 9.17) is 16.9 Å². The third-order valence-corrected chi connectivity index (χ3v) is 4.93. The average Bonchev–Trinajstić information content (AvgIpc) is 3.06. The van der Waals surface area contributed by atoms with Crippen LogP contribution in [0.3, 0.4) is 0 Å². The second-order valence-corrected chi connectivity index (χ2v) is 6.75. The largest absolute Gasteiger partial charge is 0.376 e. The number of amides is 1. The highest BCUT2D eigenvalue weighted by atomic mass is 35.5. The topological polar surface area (TPSA) is 64.9 Å². The van der Waals surface area contributed by atoms with Crippen LogP contribution in [0.4, 0.5) is 11.4 Å². The van der Waals surface area contributed by atoms with Gasteiger partial charge in [0.2, 0.25) is 5.91 Å². The second kappa shape index (κ2) is 6.70. The molecule has 1 amide bonds. The number of aryl methyl sites for hydroxylation is 2. The number of nitrogens with zero attached hydrogens (tertiary/aromatic N) is 1. The maximum Gasteiger partial charge on any atom is 0.243 e. The van der Waals surface area contributed by atoms with Gasteiger partial charge in [-0.1, -0.05) is 35.9 Å². The molecule has 0 radical (unpaired) electrons. The van der Waals surface area contributed by atoms with Crippen LogP contribution in [0.15, 0.2) is 48.5 Å². The fourth-order valence-electron chi connectivity index (χ4n) is 3.49. The molecule has 128 valence electrons. The average molecular weight is 362 g/mol. The van der Waals surface area contributed by atoms with E-state index in [2.05, 4.69) is 41.0 Å². The first kappa shape index (κ1) is 16.4. The van der Waals surface area contributed by atoms with Gasteiger partial charge in [0.15, 0.2) is 0 Å². The normalized spacial score (nSPS) is 12.0. The van der Waals surface area contributed by atoms with Gasteiger partial charge in [-0.2, -0.15) is 5.26 Å². The van der Waals surface area contributed by atoms with Gasteiger partial charge in [0.05, 0.1) is 17.8 Å². The number of rotatable bonds is 4. The minimum absolute atomic E-state index is 0.107. The third-order valence-electron chi connectivity index (χ3n) is 4.69. The fraction of sp³-hybridized carbons (Fsp3) is 0.143. The van der Waals surface area contributed by atoms with E-state index in [1.807, 2.05) is 6.07 Å². The van der Waals surface area contributed by atoms with Crippen LogP contribution in [0.5, 0.6) is 0 Å². The molecule has 0 atom stereocenters. The van der Waals surface area contributed by atoms with Gasteiger partial charge in [0.1, 0.15) is 6.07 Å². The van der Waals surface area contributed by atoms with Gasteiger partial charge in [0, 0.05) is 16.1 Å². The Morgan fingerprint density at radius 1 is 1.08 bits per heavy atom. The fourth-order valence-corrected chi connectivity index (χ4v) is 3.66. The van der Waals surface area contributed by atoms with Crippen molar-refractivity contribution in [2.24, 2.45) is 0 Å². The molecule has 1 aliphatic carbocycles. The van der Waals surface area contributed by atoms with Gasteiger partial charge in [-0.15, -0.1) is 0 Å². The second-order valence-electron chi connectivity index (χ2n) is 6.32. The number of halogens is 1. The van der Waals surface area contributed by atoms with Crippen molar-refractivity contribution in [2.75, 3.05) is 17.2 Å². The summed E-state index contributed by atoms with van der Waals surface area (Å²) in [7, 11) is 0. The number of nitriles is 1. The molecule has 0 saturated heterocycles. The van der Waals surface area contributed by atoms with Crippen LogP contribution in [-0.2, 0) is 17.6 Å². The summed E-state index contributed by atoms with van der Waals surface area (Å²) in [4.78, 5) is 12.3. The molecule has 3 aromatic carbocycles. The molecule has 1 aliphatic rings. The molecule has 0 heterocycles. The Morgan fingerprint density at radius 3 is 2.69 bits per heavy atom. The van der Waals surface area contributed by atoms with Crippen molar-refractivity contribution in [1.82, 2.24) is 0 Å². The lowest BCUT2D eigenvalue weighted by atomic mass is 10.0. The molecule has 4 nitrogen and oxygen atoms in total. The van der Waals surface area contributed by atoms with Crippen molar-refractivity contribution in [2.45, 2.75) is 12.8 Å². The molecule has 3 aromatic rings. The van der Waals surface area contributed by atoms with Gasteiger partial charge in [-0.25, -0.2) is 0 Å². The van der Waals surface area contributed by atoms with Crippen LogP contribution in [0.25, 0.3) is 10.8 Å². The van der Waals surface area contributed by atoms with Crippen LogP contribution in [0.2, 0.25) is 5.02 Å². The summed E-state index contributed by atoms with van der Waals surface area (Å²) in [5, 5.41) is 18.0. The lowest BCUT2D eigenvalue weighted by molar-refractivity contribution is -0.114. The number of hydrogen-bond donors (Lipinski definition) is 2. The van der Waals surface area contributed by atoms with Crippen LogP contribution in [-0.4, -0.2) is 12.5 Å². The molecule has 0 fully saturated rings. The van der Waals surface area contributed by atoms with E-state index in [-0.39, 0.29) is 12.5 Å². The summed E-state index contributed by atoms with van der Waals surface area (Å²) in [6, 6.07) is 17.3. The number of carbonyl (C=O) groups is 1. The quantitative estimate of drug-likeness (QED) is 0.718. The Bertz CT molecular complexity index is 1060. The number of anilines is 2. The number of hydrogen-bond acceptors (Lipinski definition) is 3. The van der Waals surface area contributed by atoms with Crippen LogP contribution < -0.4 is 10.6 Å². The van der Waals surface area contributed by atoms with E-state index in [1.54, 1.807) is 18.2 Å². The Hall–Kier alpha value is -3.03. The summed E-state index contributed by atoms with van der Waals surface area (Å²) in [6.45, 7) is 0.107. The van der Waals surface area contributed by atoms with E-state index in [1.165, 1.54) is 16.5 Å². The first-order valence-electron chi connectivity index (χ1n) is 8.42. The highest BCUT2D eigenvalue weighted by Crippen LogP contribution is 2.34. The standard InChI is InChI=1S/C21H16ClN3O/c22-16-8-6-15(11-23)19(10-16)25-20(26)12-24-18-9-7-14-5-4-13-2-1-3-17(18)21(13)14/h1-3,6-10,24H,4-5,12H2,(H,25,26). The van der Waals surface area contributed by atoms with Crippen LogP contribution >= 0.6 is 11.6 Å². The molecule has 0 spiro atoms. The van der Waals surface area contributed by atoms with Gasteiger partial charge in [-0.3, -0.25) is 4.79 Å². The first-order chi connectivity index (χ1) is 12.7. The van der Waals surface area contributed by atoms with Crippen molar-refractivity contribution in [3.05, 3.63) is 70.2 Å². The van der Waals surface area contributed by atoms with Crippen molar-refractivity contribution < 1.29 is 4.79 Å². The number of nitrogens with one attached hydrogen (secondary N) is 2. The zero-order valence-corrected chi connectivity index (χ0v) is 14.7. The highest BCUT2D eigenvalue weighted by molar-refractivity contribution is 6.31. The van der Waals surface area contributed by atoms with Crippen LogP contribution in [0.1, 0.15) is 16.7 Å². The first-order valence-corrected chi connectivity index (χ1v) is 8.80. The third kappa shape index (κ3) is 2.98. The van der Waals surface area contributed by atoms with Crippen LogP contribution in [0, 0.1) is 11.3 Å². The van der Waals surface area contributed by atoms with Crippen molar-refractivity contribution in [1.29, 1.82) is 5.26 Å². The summed E-state index contributed by atoms with van der Waals surface area (Å²) >= 11 is 5.95. The minimum atomic E-state index is -0.230. The van der Waals surface area contributed by atoms with E-state index in [0.29, 0.717) is 16.3 Å². The number of carbonyl (C=O) groups excluding carboxylic acids is 1. The molecular formula is C21H16ClN3O. The van der Waals surface area contributed by atoms with E-state index >= 15 is 0 Å². The predicted molar refractivity (Wildman–Crippen MR) is 105 cm³/mol. The molecule has 0 saturated carbocycles. The summed E-state index contributed by atoms with van der Waals surface area (Å²) < 4.78 is 0. The smallest absolute Gasteiger partial charge is 0.243 e. The lowest BCUT2D eigenvalue weighted by Crippen LogP contribution is -2.22. The molecule has 5 heteroatoms. The maximum absolute atomic E-state index is 12.3. The molecular weight excluding hydrogens is 346 g/mol. The Balaban J connectivity index is 1.52.